The third-order valence-corrected chi connectivity index (χ3v) is 3.83. The predicted octanol–water partition coefficient (Wildman–Crippen LogP) is 2.82. The van der Waals surface area contributed by atoms with Crippen LogP contribution in [0.15, 0.2) is 34.9 Å². The second kappa shape index (κ2) is 6.24. The first kappa shape index (κ1) is 15.3. The first-order valence-corrected chi connectivity index (χ1v) is 7.68. The molecule has 1 aromatic heterocycles. The van der Waals surface area contributed by atoms with Gasteiger partial charge in [0.1, 0.15) is 5.76 Å². The summed E-state index contributed by atoms with van der Waals surface area (Å²) in [7, 11) is 0. The minimum atomic E-state index is -0.277. The van der Waals surface area contributed by atoms with Crippen molar-refractivity contribution < 1.29 is 14.1 Å². The van der Waals surface area contributed by atoms with Gasteiger partial charge in [-0.15, -0.1) is 0 Å². The smallest absolute Gasteiger partial charge is 0.273 e. The molecule has 23 heavy (non-hydrogen) atoms. The second-order valence-corrected chi connectivity index (χ2v) is 5.90. The first-order chi connectivity index (χ1) is 11.0. The summed E-state index contributed by atoms with van der Waals surface area (Å²) in [5.41, 5.74) is 1.99. The summed E-state index contributed by atoms with van der Waals surface area (Å²) in [5.74, 6) is 0.582. The van der Waals surface area contributed by atoms with Crippen LogP contribution in [-0.2, 0) is 4.79 Å². The van der Waals surface area contributed by atoms with Crippen molar-refractivity contribution in [3.05, 3.63) is 47.3 Å². The fourth-order valence-electron chi connectivity index (χ4n) is 2.27. The number of aromatic nitrogens is 1. The Balaban J connectivity index is 1.59. The molecule has 0 spiro atoms. The van der Waals surface area contributed by atoms with E-state index in [2.05, 4.69) is 15.8 Å². The molecule has 0 saturated heterocycles. The third kappa shape index (κ3) is 3.77. The summed E-state index contributed by atoms with van der Waals surface area (Å²) in [5, 5.41) is 9.45. The monoisotopic (exact) mass is 313 g/mol. The number of benzene rings is 1. The number of carbonyl (C=O) groups is 2. The maximum absolute atomic E-state index is 12.0. The van der Waals surface area contributed by atoms with Crippen molar-refractivity contribution in [2.75, 3.05) is 5.32 Å². The van der Waals surface area contributed by atoms with Gasteiger partial charge in [-0.05, 0) is 44.4 Å². The maximum atomic E-state index is 12.0. The average Bonchev–Trinajstić information content (AvgIpc) is 3.29. The van der Waals surface area contributed by atoms with Gasteiger partial charge in [0.15, 0.2) is 5.69 Å². The molecular weight excluding hydrogens is 294 g/mol. The number of rotatable bonds is 5. The number of hydrogen-bond donors (Lipinski definition) is 2. The summed E-state index contributed by atoms with van der Waals surface area (Å²) in [6.07, 6.45) is 1.96. The molecule has 120 valence electrons. The molecule has 1 saturated carbocycles. The number of nitrogens with zero attached hydrogens (tertiary/aromatic N) is 1. The Morgan fingerprint density at radius 3 is 2.52 bits per heavy atom. The number of amides is 2. The van der Waals surface area contributed by atoms with Gasteiger partial charge in [-0.1, -0.05) is 17.3 Å². The second-order valence-electron chi connectivity index (χ2n) is 5.90. The Labute approximate surface area is 134 Å². The molecular formula is C17H19N3O3. The van der Waals surface area contributed by atoms with Crippen molar-refractivity contribution in [3.8, 4) is 0 Å². The molecule has 3 rings (SSSR count). The number of hydrogen-bond acceptors (Lipinski definition) is 4. The summed E-state index contributed by atoms with van der Waals surface area (Å²) in [4.78, 5) is 23.8. The van der Waals surface area contributed by atoms with Crippen LogP contribution in [-0.4, -0.2) is 17.0 Å². The Morgan fingerprint density at radius 2 is 1.96 bits per heavy atom. The van der Waals surface area contributed by atoms with E-state index in [1.807, 2.05) is 31.2 Å². The molecule has 0 radical (unpaired) electrons. The molecule has 1 atom stereocenters. The van der Waals surface area contributed by atoms with E-state index in [1.54, 1.807) is 13.0 Å². The summed E-state index contributed by atoms with van der Waals surface area (Å²) in [6, 6.07) is 8.89. The van der Waals surface area contributed by atoms with Gasteiger partial charge >= 0.3 is 0 Å². The number of carbonyl (C=O) groups excluding carboxylic acids is 2. The van der Waals surface area contributed by atoms with Crippen LogP contribution in [0.25, 0.3) is 0 Å². The lowest BCUT2D eigenvalue weighted by molar-refractivity contribution is -0.117. The van der Waals surface area contributed by atoms with Gasteiger partial charge in [-0.25, -0.2) is 0 Å². The molecule has 1 aliphatic carbocycles. The average molecular weight is 313 g/mol. The molecule has 6 heteroatoms. The fraction of sp³-hybridized carbons (Fsp3) is 0.353. The van der Waals surface area contributed by atoms with Crippen molar-refractivity contribution in [2.24, 2.45) is 5.92 Å². The normalized spacial score (nSPS) is 15.0. The molecule has 0 unspecified atom stereocenters. The van der Waals surface area contributed by atoms with Gasteiger partial charge in [0, 0.05) is 17.7 Å². The highest BCUT2D eigenvalue weighted by molar-refractivity contribution is 5.94. The number of anilines is 1. The minimum absolute atomic E-state index is 0.0838. The zero-order chi connectivity index (χ0) is 16.4. The number of aryl methyl sites for hydroxylation is 1. The quantitative estimate of drug-likeness (QED) is 0.889. The summed E-state index contributed by atoms with van der Waals surface area (Å²) >= 11 is 0. The van der Waals surface area contributed by atoms with E-state index in [1.165, 1.54) is 0 Å². The lowest BCUT2D eigenvalue weighted by Gasteiger charge is -2.14. The molecule has 6 nitrogen and oxygen atoms in total. The van der Waals surface area contributed by atoms with E-state index < -0.39 is 0 Å². The Morgan fingerprint density at radius 1 is 1.26 bits per heavy atom. The van der Waals surface area contributed by atoms with Gasteiger partial charge in [0.05, 0.1) is 6.04 Å². The van der Waals surface area contributed by atoms with Crippen LogP contribution in [0.4, 0.5) is 5.69 Å². The van der Waals surface area contributed by atoms with E-state index in [0.717, 1.165) is 24.1 Å². The van der Waals surface area contributed by atoms with Gasteiger partial charge in [0.25, 0.3) is 5.91 Å². The van der Waals surface area contributed by atoms with Gasteiger partial charge in [-0.2, -0.15) is 0 Å². The standard InChI is InChI=1S/C17H19N3O3/c1-10-9-15(20-23-10)17(22)18-11(2)12-5-7-14(8-6-12)19-16(21)13-3-4-13/h5-9,11,13H,3-4H2,1-2H3,(H,18,22)(H,19,21)/t11-/m1/s1. The Kier molecular flexibility index (Phi) is 4.14. The highest BCUT2D eigenvalue weighted by Gasteiger charge is 2.29. The molecule has 1 aliphatic rings. The molecule has 1 heterocycles. The highest BCUT2D eigenvalue weighted by Crippen LogP contribution is 2.30. The molecule has 1 aromatic carbocycles. The molecule has 2 aromatic rings. The van der Waals surface area contributed by atoms with Crippen LogP contribution < -0.4 is 10.6 Å². The summed E-state index contributed by atoms with van der Waals surface area (Å²) < 4.78 is 4.90. The lowest BCUT2D eigenvalue weighted by Crippen LogP contribution is -2.26. The molecule has 1 fully saturated rings. The van der Waals surface area contributed by atoms with Crippen molar-refractivity contribution >= 4 is 17.5 Å². The van der Waals surface area contributed by atoms with Gasteiger partial charge < -0.3 is 15.2 Å². The number of nitrogens with one attached hydrogen (secondary N) is 2. The zero-order valence-corrected chi connectivity index (χ0v) is 13.1. The van der Waals surface area contributed by atoms with Crippen LogP contribution >= 0.6 is 0 Å². The molecule has 2 amide bonds. The maximum Gasteiger partial charge on any atom is 0.273 e. The summed E-state index contributed by atoms with van der Waals surface area (Å²) in [6.45, 7) is 3.63. The van der Waals surface area contributed by atoms with E-state index in [0.29, 0.717) is 5.76 Å². The van der Waals surface area contributed by atoms with Crippen LogP contribution in [0.2, 0.25) is 0 Å². The third-order valence-electron chi connectivity index (χ3n) is 3.83. The van der Waals surface area contributed by atoms with Gasteiger partial charge in [-0.3, -0.25) is 9.59 Å². The molecule has 2 N–H and O–H groups in total. The zero-order valence-electron chi connectivity index (χ0n) is 13.1. The molecule has 0 bridgehead atoms. The van der Waals surface area contributed by atoms with E-state index in [9.17, 15) is 9.59 Å². The van der Waals surface area contributed by atoms with Crippen LogP contribution in [0.1, 0.15) is 47.6 Å². The molecule has 0 aliphatic heterocycles. The van der Waals surface area contributed by atoms with Gasteiger partial charge in [0.2, 0.25) is 5.91 Å². The lowest BCUT2D eigenvalue weighted by atomic mass is 10.1. The van der Waals surface area contributed by atoms with Crippen LogP contribution in [0, 0.1) is 12.8 Å². The van der Waals surface area contributed by atoms with E-state index in [-0.39, 0.29) is 29.5 Å². The Bertz CT molecular complexity index is 717. The van der Waals surface area contributed by atoms with Crippen molar-refractivity contribution in [1.82, 2.24) is 10.5 Å². The van der Waals surface area contributed by atoms with E-state index >= 15 is 0 Å². The van der Waals surface area contributed by atoms with Crippen molar-refractivity contribution in [2.45, 2.75) is 32.7 Å². The van der Waals surface area contributed by atoms with Crippen molar-refractivity contribution in [3.63, 3.8) is 0 Å². The fourth-order valence-corrected chi connectivity index (χ4v) is 2.27. The first-order valence-electron chi connectivity index (χ1n) is 7.68. The predicted molar refractivity (Wildman–Crippen MR) is 84.9 cm³/mol. The minimum Gasteiger partial charge on any atom is -0.361 e. The van der Waals surface area contributed by atoms with Crippen LogP contribution in [0.5, 0.6) is 0 Å². The highest BCUT2D eigenvalue weighted by atomic mass is 16.5. The van der Waals surface area contributed by atoms with Crippen LogP contribution in [0.3, 0.4) is 0 Å². The Hall–Kier alpha value is -2.63. The van der Waals surface area contributed by atoms with E-state index in [4.69, 9.17) is 4.52 Å². The SMILES string of the molecule is Cc1cc(C(=O)N[C@H](C)c2ccc(NC(=O)C3CC3)cc2)no1. The largest absolute Gasteiger partial charge is 0.361 e. The topological polar surface area (TPSA) is 84.2 Å². The van der Waals surface area contributed by atoms with Crippen molar-refractivity contribution in [1.29, 1.82) is 0 Å².